The Kier molecular flexibility index (Phi) is 4.82. The van der Waals surface area contributed by atoms with Gasteiger partial charge in [-0.1, -0.05) is 19.1 Å². The highest BCUT2D eigenvalue weighted by Gasteiger charge is 2.39. The van der Waals surface area contributed by atoms with Crippen molar-refractivity contribution in [1.82, 2.24) is 30.2 Å². The number of nitrogens with one attached hydrogen (secondary N) is 1. The maximum Gasteiger partial charge on any atom is 0.248 e. The first-order valence-electron chi connectivity index (χ1n) is 8.35. The van der Waals surface area contributed by atoms with Crippen LogP contribution in [0.2, 0.25) is 0 Å². The van der Waals surface area contributed by atoms with E-state index in [1.807, 2.05) is 13.8 Å². The molecule has 0 spiro atoms. The van der Waals surface area contributed by atoms with Crippen LogP contribution in [0.5, 0.6) is 0 Å². The Hall–Kier alpha value is -2.71. The number of carbonyl (C=O) groups is 2. The molecule has 2 atom stereocenters. The third-order valence-electron chi connectivity index (χ3n) is 4.45. The molecule has 3 heterocycles. The summed E-state index contributed by atoms with van der Waals surface area (Å²) < 4.78 is 6.77. The van der Waals surface area contributed by atoms with Crippen LogP contribution in [0.25, 0.3) is 11.5 Å². The number of hydrogen-bond acceptors (Lipinski definition) is 6. The van der Waals surface area contributed by atoms with E-state index in [9.17, 15) is 9.59 Å². The van der Waals surface area contributed by atoms with Gasteiger partial charge < -0.3 is 14.6 Å². The summed E-state index contributed by atoms with van der Waals surface area (Å²) in [6, 6.07) is -0.953. The van der Waals surface area contributed by atoms with Gasteiger partial charge in [0.2, 0.25) is 11.8 Å². The summed E-state index contributed by atoms with van der Waals surface area (Å²) >= 11 is 0. The summed E-state index contributed by atoms with van der Waals surface area (Å²) in [5.41, 5.74) is 0.514. The molecular weight excluding hydrogens is 324 g/mol. The Morgan fingerprint density at radius 3 is 2.84 bits per heavy atom. The van der Waals surface area contributed by atoms with Crippen LogP contribution >= 0.6 is 0 Å². The van der Waals surface area contributed by atoms with E-state index >= 15 is 0 Å². The van der Waals surface area contributed by atoms with Crippen molar-refractivity contribution in [2.75, 3.05) is 13.6 Å². The van der Waals surface area contributed by atoms with Gasteiger partial charge in [0.15, 0.2) is 12.2 Å². The number of aromatic nitrogens is 4. The molecule has 0 bridgehead atoms. The van der Waals surface area contributed by atoms with Gasteiger partial charge in [0.05, 0.1) is 12.4 Å². The van der Waals surface area contributed by atoms with Crippen LogP contribution in [0, 0.1) is 5.92 Å². The van der Waals surface area contributed by atoms with E-state index in [0.29, 0.717) is 24.4 Å². The largest absolute Gasteiger partial charge is 0.442 e. The molecule has 2 aromatic rings. The van der Waals surface area contributed by atoms with Gasteiger partial charge in [-0.15, -0.1) is 5.10 Å². The lowest BCUT2D eigenvalue weighted by atomic mass is 10.0. The van der Waals surface area contributed by atoms with Crippen LogP contribution < -0.4 is 5.32 Å². The molecular formula is C16H22N6O3. The first kappa shape index (κ1) is 17.1. The van der Waals surface area contributed by atoms with Crippen molar-refractivity contribution < 1.29 is 14.0 Å². The SMILES string of the molecule is CNC(=O)[C@@H]1CCCN1C(=O)[C@H](C(C)C)n1cc(-c2cnco2)nn1. The fourth-order valence-electron chi connectivity index (χ4n) is 3.21. The lowest BCUT2D eigenvalue weighted by molar-refractivity contribution is -0.142. The molecule has 3 rings (SSSR count). The smallest absolute Gasteiger partial charge is 0.248 e. The van der Waals surface area contributed by atoms with Crippen LogP contribution in [0.15, 0.2) is 23.2 Å². The minimum atomic E-state index is -0.533. The quantitative estimate of drug-likeness (QED) is 0.861. The summed E-state index contributed by atoms with van der Waals surface area (Å²) in [5.74, 6) is 0.234. The molecule has 0 aromatic carbocycles. The molecule has 0 unspecified atom stereocenters. The van der Waals surface area contributed by atoms with Crippen molar-refractivity contribution in [2.24, 2.45) is 5.92 Å². The van der Waals surface area contributed by atoms with E-state index in [-0.39, 0.29) is 17.7 Å². The zero-order valence-electron chi connectivity index (χ0n) is 14.5. The molecule has 0 aliphatic carbocycles. The third kappa shape index (κ3) is 3.26. The average Bonchev–Trinajstić information content (AvgIpc) is 3.32. The van der Waals surface area contributed by atoms with E-state index in [1.165, 1.54) is 6.39 Å². The van der Waals surface area contributed by atoms with Crippen LogP contribution in [-0.2, 0) is 9.59 Å². The number of likely N-dealkylation sites (N-methyl/N-ethyl adjacent to an activating group) is 1. The topological polar surface area (TPSA) is 106 Å². The molecule has 2 amide bonds. The Labute approximate surface area is 145 Å². The van der Waals surface area contributed by atoms with E-state index in [1.54, 1.807) is 29.0 Å². The molecule has 1 fully saturated rings. The van der Waals surface area contributed by atoms with Crippen molar-refractivity contribution in [2.45, 2.75) is 38.8 Å². The van der Waals surface area contributed by atoms with Gasteiger partial charge in [0.1, 0.15) is 17.8 Å². The average molecular weight is 346 g/mol. The van der Waals surface area contributed by atoms with Gasteiger partial charge in [0.25, 0.3) is 0 Å². The number of amides is 2. The van der Waals surface area contributed by atoms with E-state index in [0.717, 1.165) is 6.42 Å². The fraction of sp³-hybridized carbons (Fsp3) is 0.562. The van der Waals surface area contributed by atoms with E-state index in [2.05, 4.69) is 20.6 Å². The minimum Gasteiger partial charge on any atom is -0.442 e. The second kappa shape index (κ2) is 7.04. The highest BCUT2D eigenvalue weighted by Crippen LogP contribution is 2.27. The standard InChI is InChI=1S/C16H22N6O3/c1-10(2)14(16(24)21-6-4-5-12(21)15(23)17-3)22-8-11(19-20-22)13-7-18-9-25-13/h7-10,12,14H,4-6H2,1-3H3,(H,17,23)/t12-,14-/m0/s1. The molecule has 2 aromatic heterocycles. The number of oxazole rings is 1. The zero-order chi connectivity index (χ0) is 18.0. The molecule has 134 valence electrons. The van der Waals surface area contributed by atoms with E-state index < -0.39 is 12.1 Å². The maximum absolute atomic E-state index is 13.1. The van der Waals surface area contributed by atoms with Crippen LogP contribution in [0.1, 0.15) is 32.7 Å². The molecule has 25 heavy (non-hydrogen) atoms. The van der Waals surface area contributed by atoms with Crippen LogP contribution in [0.3, 0.4) is 0 Å². The molecule has 1 aliphatic heterocycles. The molecule has 1 saturated heterocycles. The lowest BCUT2D eigenvalue weighted by Gasteiger charge is -2.29. The number of carbonyl (C=O) groups excluding carboxylic acids is 2. The second-order valence-corrected chi connectivity index (χ2v) is 6.44. The molecule has 9 nitrogen and oxygen atoms in total. The number of hydrogen-bond donors (Lipinski definition) is 1. The molecule has 9 heteroatoms. The summed E-state index contributed by atoms with van der Waals surface area (Å²) in [6.07, 6.45) is 6.03. The van der Waals surface area contributed by atoms with Crippen LogP contribution in [0.4, 0.5) is 0 Å². The Bertz CT molecular complexity index is 739. The maximum atomic E-state index is 13.1. The number of likely N-dealkylation sites (tertiary alicyclic amines) is 1. The van der Waals surface area contributed by atoms with Gasteiger partial charge in [-0.3, -0.25) is 9.59 Å². The normalized spacial score (nSPS) is 18.6. The van der Waals surface area contributed by atoms with Crippen molar-refractivity contribution in [1.29, 1.82) is 0 Å². The molecule has 0 radical (unpaired) electrons. The predicted molar refractivity (Wildman–Crippen MR) is 88.2 cm³/mol. The van der Waals surface area contributed by atoms with Gasteiger partial charge in [0, 0.05) is 13.6 Å². The summed E-state index contributed by atoms with van der Waals surface area (Å²) in [4.78, 5) is 30.7. The van der Waals surface area contributed by atoms with Crippen molar-refractivity contribution >= 4 is 11.8 Å². The van der Waals surface area contributed by atoms with Crippen molar-refractivity contribution in [3.63, 3.8) is 0 Å². The van der Waals surface area contributed by atoms with Crippen molar-refractivity contribution in [3.05, 3.63) is 18.8 Å². The number of nitrogens with zero attached hydrogens (tertiary/aromatic N) is 5. The van der Waals surface area contributed by atoms with E-state index in [4.69, 9.17) is 4.42 Å². The van der Waals surface area contributed by atoms with Gasteiger partial charge in [-0.2, -0.15) is 0 Å². The fourth-order valence-corrected chi connectivity index (χ4v) is 3.21. The Balaban J connectivity index is 1.86. The Morgan fingerprint density at radius 1 is 1.40 bits per heavy atom. The molecule has 1 aliphatic rings. The first-order chi connectivity index (χ1) is 12.0. The Morgan fingerprint density at radius 2 is 2.20 bits per heavy atom. The zero-order valence-corrected chi connectivity index (χ0v) is 14.5. The van der Waals surface area contributed by atoms with Crippen molar-refractivity contribution in [3.8, 4) is 11.5 Å². The lowest BCUT2D eigenvalue weighted by Crippen LogP contribution is -2.48. The highest BCUT2D eigenvalue weighted by molar-refractivity contribution is 5.89. The van der Waals surface area contributed by atoms with Gasteiger partial charge >= 0.3 is 0 Å². The predicted octanol–water partition coefficient (Wildman–Crippen LogP) is 0.867. The second-order valence-electron chi connectivity index (χ2n) is 6.44. The summed E-state index contributed by atoms with van der Waals surface area (Å²) in [5, 5.41) is 10.8. The van der Waals surface area contributed by atoms with Crippen LogP contribution in [-0.4, -0.2) is 56.3 Å². The summed E-state index contributed by atoms with van der Waals surface area (Å²) in [6.45, 7) is 4.47. The summed E-state index contributed by atoms with van der Waals surface area (Å²) in [7, 11) is 1.59. The minimum absolute atomic E-state index is 0.0114. The first-order valence-corrected chi connectivity index (χ1v) is 8.35. The number of rotatable bonds is 5. The monoisotopic (exact) mass is 346 g/mol. The molecule has 0 saturated carbocycles. The van der Waals surface area contributed by atoms with Gasteiger partial charge in [-0.05, 0) is 18.8 Å². The third-order valence-corrected chi connectivity index (χ3v) is 4.45. The molecule has 1 N–H and O–H groups in total. The highest BCUT2D eigenvalue weighted by atomic mass is 16.3. The van der Waals surface area contributed by atoms with Gasteiger partial charge in [-0.25, -0.2) is 9.67 Å².